The second-order valence-electron chi connectivity index (χ2n) is 6.92. The number of benzene rings is 2. The molecule has 0 spiro atoms. The Bertz CT molecular complexity index is 999. The Kier molecular flexibility index (Phi) is 6.73. The molecule has 3 rings (SSSR count). The molecule has 0 aromatic heterocycles. The van der Waals surface area contributed by atoms with Crippen LogP contribution in [0.2, 0.25) is 10.0 Å². The lowest BCUT2D eigenvalue weighted by atomic mass is 9.97. The Morgan fingerprint density at radius 2 is 1.76 bits per heavy atom. The highest BCUT2D eigenvalue weighted by Gasteiger charge is 2.34. The molecule has 0 bridgehead atoms. The molecule has 1 amide bonds. The molecule has 1 heterocycles. The number of aryl methyl sites for hydroxylation is 1. The molecule has 29 heavy (non-hydrogen) atoms. The minimum atomic E-state index is -3.71. The average Bonchev–Trinajstić information content (AvgIpc) is 2.70. The maximum Gasteiger partial charge on any atom is 0.246 e. The highest BCUT2D eigenvalue weighted by Crippen LogP contribution is 2.33. The number of halogens is 2. The lowest BCUT2D eigenvalue weighted by molar-refractivity contribution is -0.120. The number of piperidine rings is 1. The van der Waals surface area contributed by atoms with E-state index in [1.807, 2.05) is 6.92 Å². The van der Waals surface area contributed by atoms with Crippen LogP contribution in [0.25, 0.3) is 0 Å². The van der Waals surface area contributed by atoms with Crippen LogP contribution in [0.3, 0.4) is 0 Å². The number of nitrogens with one attached hydrogen (secondary N) is 1. The first kappa shape index (κ1) is 21.9. The molecule has 0 saturated carbocycles. The van der Waals surface area contributed by atoms with Gasteiger partial charge >= 0.3 is 0 Å². The summed E-state index contributed by atoms with van der Waals surface area (Å²) in [4.78, 5) is 12.8. The summed E-state index contributed by atoms with van der Waals surface area (Å²) in [5, 5.41) is 3.49. The quantitative estimate of drug-likeness (QED) is 0.725. The van der Waals surface area contributed by atoms with Gasteiger partial charge < -0.3 is 10.1 Å². The summed E-state index contributed by atoms with van der Waals surface area (Å²) in [6.45, 7) is 2.32. The Labute approximate surface area is 180 Å². The number of hydrogen-bond donors (Lipinski definition) is 1. The van der Waals surface area contributed by atoms with Crippen LogP contribution >= 0.6 is 23.2 Å². The fourth-order valence-corrected chi connectivity index (χ4v) is 5.53. The molecule has 1 fully saturated rings. The van der Waals surface area contributed by atoms with E-state index in [1.165, 1.54) is 11.4 Å². The van der Waals surface area contributed by atoms with Crippen LogP contribution < -0.4 is 10.1 Å². The molecule has 1 aliphatic heterocycles. The first-order valence-electron chi connectivity index (χ1n) is 9.13. The maximum absolute atomic E-state index is 13.1. The van der Waals surface area contributed by atoms with E-state index in [4.69, 9.17) is 27.9 Å². The monoisotopic (exact) mass is 456 g/mol. The number of ether oxygens (including phenoxy) is 1. The van der Waals surface area contributed by atoms with Crippen molar-refractivity contribution < 1.29 is 17.9 Å². The number of amides is 1. The van der Waals surface area contributed by atoms with E-state index in [1.54, 1.807) is 36.4 Å². The van der Waals surface area contributed by atoms with Gasteiger partial charge in [-0.1, -0.05) is 35.3 Å². The summed E-state index contributed by atoms with van der Waals surface area (Å²) < 4.78 is 32.8. The number of methoxy groups -OCH3 is 1. The Balaban J connectivity index is 1.70. The second kappa shape index (κ2) is 8.92. The fraction of sp³-hybridized carbons (Fsp3) is 0.350. The van der Waals surface area contributed by atoms with Crippen molar-refractivity contribution in [1.29, 1.82) is 0 Å². The molecular weight excluding hydrogens is 435 g/mol. The van der Waals surface area contributed by atoms with E-state index < -0.39 is 10.0 Å². The van der Waals surface area contributed by atoms with E-state index in [-0.39, 0.29) is 29.8 Å². The van der Waals surface area contributed by atoms with Crippen molar-refractivity contribution in [2.45, 2.75) is 24.7 Å². The summed E-state index contributed by atoms with van der Waals surface area (Å²) in [6, 6.07) is 10.0. The summed E-state index contributed by atoms with van der Waals surface area (Å²) >= 11 is 12.2. The van der Waals surface area contributed by atoms with Crippen LogP contribution in [-0.2, 0) is 14.8 Å². The van der Waals surface area contributed by atoms with Gasteiger partial charge in [-0.3, -0.25) is 4.79 Å². The summed E-state index contributed by atoms with van der Waals surface area (Å²) in [5.74, 6) is -0.234. The molecule has 1 aliphatic rings. The van der Waals surface area contributed by atoms with Crippen molar-refractivity contribution in [3.63, 3.8) is 0 Å². The zero-order valence-electron chi connectivity index (χ0n) is 16.1. The molecule has 9 heteroatoms. The normalized spacial score (nSPS) is 15.9. The number of rotatable bonds is 5. The fourth-order valence-electron chi connectivity index (χ4n) is 3.33. The van der Waals surface area contributed by atoms with Crippen molar-refractivity contribution in [2.75, 3.05) is 25.5 Å². The molecule has 0 aliphatic carbocycles. The third kappa shape index (κ3) is 4.69. The molecule has 1 N–H and O–H groups in total. The average molecular weight is 457 g/mol. The zero-order valence-corrected chi connectivity index (χ0v) is 18.4. The van der Waals surface area contributed by atoms with Crippen molar-refractivity contribution in [3.8, 4) is 5.75 Å². The standard InChI is InChI=1S/C20H22Cl2N2O4S/c1-13-6-7-17(28-2)18(12-13)29(26,27)24-10-8-14(9-11-24)20(25)23-19-15(21)4-3-5-16(19)22/h3-7,12,14H,8-11H2,1-2H3,(H,23,25). The minimum Gasteiger partial charge on any atom is -0.495 e. The van der Waals surface area contributed by atoms with Crippen LogP contribution in [0.1, 0.15) is 18.4 Å². The summed E-state index contributed by atoms with van der Waals surface area (Å²) in [6.07, 6.45) is 0.808. The third-order valence-corrected chi connectivity index (χ3v) is 7.52. The van der Waals surface area contributed by atoms with Gasteiger partial charge in [-0.05, 0) is 49.6 Å². The second-order valence-corrected chi connectivity index (χ2v) is 9.64. The SMILES string of the molecule is COc1ccc(C)cc1S(=O)(=O)N1CCC(C(=O)Nc2c(Cl)cccc2Cl)CC1. The largest absolute Gasteiger partial charge is 0.495 e. The summed E-state index contributed by atoms with van der Waals surface area (Å²) in [7, 11) is -2.27. The van der Waals surface area contributed by atoms with E-state index in [9.17, 15) is 13.2 Å². The van der Waals surface area contributed by atoms with E-state index in [0.29, 0.717) is 34.3 Å². The molecule has 156 valence electrons. The van der Waals surface area contributed by atoms with Gasteiger partial charge in [0.15, 0.2) is 0 Å². The first-order chi connectivity index (χ1) is 13.7. The maximum atomic E-state index is 13.1. The van der Waals surface area contributed by atoms with Crippen LogP contribution in [-0.4, -0.2) is 38.8 Å². The Morgan fingerprint density at radius 3 is 2.34 bits per heavy atom. The van der Waals surface area contributed by atoms with E-state index >= 15 is 0 Å². The van der Waals surface area contributed by atoms with Crippen LogP contribution in [0.5, 0.6) is 5.75 Å². The molecule has 0 radical (unpaired) electrons. The molecule has 2 aromatic rings. The number of carbonyl (C=O) groups excluding carboxylic acids is 1. The predicted octanol–water partition coefficient (Wildman–Crippen LogP) is 4.35. The smallest absolute Gasteiger partial charge is 0.246 e. The van der Waals surface area contributed by atoms with Gasteiger partial charge in [0.25, 0.3) is 0 Å². The molecule has 0 atom stereocenters. The topological polar surface area (TPSA) is 75.7 Å². The lowest BCUT2D eigenvalue weighted by Crippen LogP contribution is -2.41. The predicted molar refractivity (Wildman–Crippen MR) is 114 cm³/mol. The highest BCUT2D eigenvalue weighted by atomic mass is 35.5. The van der Waals surface area contributed by atoms with Gasteiger partial charge in [0.05, 0.1) is 22.8 Å². The van der Waals surface area contributed by atoms with Gasteiger partial charge in [0, 0.05) is 19.0 Å². The molecule has 6 nitrogen and oxygen atoms in total. The van der Waals surface area contributed by atoms with Crippen molar-refractivity contribution in [2.24, 2.45) is 5.92 Å². The van der Waals surface area contributed by atoms with Gasteiger partial charge in [0.1, 0.15) is 10.6 Å². The van der Waals surface area contributed by atoms with E-state index in [0.717, 1.165) is 5.56 Å². The third-order valence-electron chi connectivity index (χ3n) is 4.97. The molecule has 1 saturated heterocycles. The number of nitrogens with zero attached hydrogens (tertiary/aromatic N) is 1. The number of carbonyl (C=O) groups is 1. The Morgan fingerprint density at radius 1 is 1.14 bits per heavy atom. The molecule has 2 aromatic carbocycles. The Hall–Kier alpha value is -1.80. The van der Waals surface area contributed by atoms with Crippen molar-refractivity contribution >= 4 is 44.8 Å². The molecular formula is C20H22Cl2N2O4S. The van der Waals surface area contributed by atoms with Gasteiger partial charge in [-0.15, -0.1) is 0 Å². The zero-order chi connectivity index (χ0) is 21.2. The van der Waals surface area contributed by atoms with Crippen molar-refractivity contribution in [1.82, 2.24) is 4.31 Å². The number of hydrogen-bond acceptors (Lipinski definition) is 4. The minimum absolute atomic E-state index is 0.144. The van der Waals surface area contributed by atoms with Gasteiger partial charge in [-0.2, -0.15) is 4.31 Å². The summed E-state index contributed by atoms with van der Waals surface area (Å²) in [5.41, 5.74) is 1.20. The van der Waals surface area contributed by atoms with Crippen LogP contribution in [0.15, 0.2) is 41.3 Å². The number of anilines is 1. The van der Waals surface area contributed by atoms with Gasteiger partial charge in [0.2, 0.25) is 15.9 Å². The van der Waals surface area contributed by atoms with Crippen molar-refractivity contribution in [3.05, 3.63) is 52.0 Å². The van der Waals surface area contributed by atoms with E-state index in [2.05, 4.69) is 5.32 Å². The number of sulfonamides is 1. The lowest BCUT2D eigenvalue weighted by Gasteiger charge is -2.31. The molecule has 0 unspecified atom stereocenters. The van der Waals surface area contributed by atoms with Crippen LogP contribution in [0.4, 0.5) is 5.69 Å². The van der Waals surface area contributed by atoms with Gasteiger partial charge in [-0.25, -0.2) is 8.42 Å². The number of para-hydroxylation sites is 1. The highest BCUT2D eigenvalue weighted by molar-refractivity contribution is 7.89. The first-order valence-corrected chi connectivity index (χ1v) is 11.3. The van der Waals surface area contributed by atoms with Crippen LogP contribution in [0, 0.1) is 12.8 Å².